The van der Waals surface area contributed by atoms with Gasteiger partial charge in [-0.15, -0.1) is 0 Å². The van der Waals surface area contributed by atoms with E-state index in [2.05, 4.69) is 36.2 Å². The molecule has 0 saturated heterocycles. The average molecular weight is 490 g/mol. The SMILES string of the molecule is CCCCCCOc1ccc(C2c3c(-c4cc(C)cc(C)c4O)n[nH]c3C(=O)N2CCCCC)cc1. The van der Waals surface area contributed by atoms with E-state index in [0.29, 0.717) is 30.1 Å². The molecular formula is C30H39N3O3. The van der Waals surface area contributed by atoms with Crippen LogP contribution in [0.2, 0.25) is 0 Å². The Labute approximate surface area is 214 Å². The van der Waals surface area contributed by atoms with Crippen LogP contribution in [0.5, 0.6) is 11.5 Å². The van der Waals surface area contributed by atoms with E-state index in [1.165, 1.54) is 19.3 Å². The zero-order chi connectivity index (χ0) is 25.7. The first kappa shape index (κ1) is 25.8. The van der Waals surface area contributed by atoms with Gasteiger partial charge in [-0.05, 0) is 61.6 Å². The van der Waals surface area contributed by atoms with Gasteiger partial charge in [-0.2, -0.15) is 5.10 Å². The van der Waals surface area contributed by atoms with Crippen LogP contribution in [0.4, 0.5) is 0 Å². The first-order valence-electron chi connectivity index (χ1n) is 13.4. The molecule has 3 aromatic rings. The first-order chi connectivity index (χ1) is 17.5. The molecule has 0 aliphatic carbocycles. The van der Waals surface area contributed by atoms with E-state index < -0.39 is 0 Å². The lowest BCUT2D eigenvalue weighted by atomic mass is 9.94. The summed E-state index contributed by atoms with van der Waals surface area (Å²) in [5.74, 6) is 1.01. The maximum Gasteiger partial charge on any atom is 0.273 e. The predicted molar refractivity (Wildman–Crippen MR) is 144 cm³/mol. The van der Waals surface area contributed by atoms with Crippen LogP contribution < -0.4 is 4.74 Å². The Morgan fingerprint density at radius 1 is 1.00 bits per heavy atom. The molecule has 1 amide bonds. The van der Waals surface area contributed by atoms with Crippen molar-refractivity contribution in [3.05, 3.63) is 64.3 Å². The molecule has 0 saturated carbocycles. The van der Waals surface area contributed by atoms with Crippen LogP contribution in [0.25, 0.3) is 11.3 Å². The quantitative estimate of drug-likeness (QED) is 0.266. The summed E-state index contributed by atoms with van der Waals surface area (Å²) >= 11 is 0. The number of fused-ring (bicyclic) bond motifs is 1. The van der Waals surface area contributed by atoms with Crippen molar-refractivity contribution < 1.29 is 14.6 Å². The van der Waals surface area contributed by atoms with Gasteiger partial charge in [0.05, 0.1) is 12.6 Å². The number of ether oxygens (including phenoxy) is 1. The van der Waals surface area contributed by atoms with E-state index in [9.17, 15) is 9.90 Å². The van der Waals surface area contributed by atoms with Gasteiger partial charge in [-0.1, -0.05) is 64.2 Å². The Balaban J connectivity index is 1.68. The number of rotatable bonds is 12. The predicted octanol–water partition coefficient (Wildman–Crippen LogP) is 7.09. The molecule has 6 heteroatoms. The Bertz CT molecular complexity index is 1180. The zero-order valence-electron chi connectivity index (χ0n) is 22.1. The van der Waals surface area contributed by atoms with Crippen molar-refractivity contribution >= 4 is 5.91 Å². The number of amides is 1. The molecule has 0 bridgehead atoms. The highest BCUT2D eigenvalue weighted by atomic mass is 16.5. The minimum Gasteiger partial charge on any atom is -0.507 e. The Hall–Kier alpha value is -3.28. The number of nitrogens with zero attached hydrogens (tertiary/aromatic N) is 2. The van der Waals surface area contributed by atoms with Gasteiger partial charge >= 0.3 is 0 Å². The third-order valence-electron chi connectivity index (χ3n) is 7.03. The highest BCUT2D eigenvalue weighted by Crippen LogP contribution is 2.45. The number of nitrogens with one attached hydrogen (secondary N) is 1. The summed E-state index contributed by atoms with van der Waals surface area (Å²) in [7, 11) is 0. The number of hydrogen-bond acceptors (Lipinski definition) is 4. The molecule has 0 fully saturated rings. The van der Waals surface area contributed by atoms with Gasteiger partial charge < -0.3 is 14.7 Å². The molecule has 0 spiro atoms. The second kappa shape index (κ2) is 11.6. The lowest BCUT2D eigenvalue weighted by Crippen LogP contribution is -2.30. The van der Waals surface area contributed by atoms with E-state index in [4.69, 9.17) is 4.74 Å². The van der Waals surface area contributed by atoms with Crippen LogP contribution in [0, 0.1) is 13.8 Å². The molecule has 2 heterocycles. The van der Waals surface area contributed by atoms with Crippen molar-refractivity contribution in [3.8, 4) is 22.8 Å². The van der Waals surface area contributed by atoms with Gasteiger partial charge in [0.1, 0.15) is 22.9 Å². The van der Waals surface area contributed by atoms with E-state index in [1.54, 1.807) is 0 Å². The fourth-order valence-electron chi connectivity index (χ4n) is 5.12. The maximum absolute atomic E-state index is 13.5. The number of aromatic amines is 1. The maximum atomic E-state index is 13.5. The van der Waals surface area contributed by atoms with Gasteiger partial charge in [0.2, 0.25) is 0 Å². The van der Waals surface area contributed by atoms with E-state index in [1.807, 2.05) is 43.0 Å². The number of aromatic nitrogens is 2. The molecule has 1 aromatic heterocycles. The summed E-state index contributed by atoms with van der Waals surface area (Å²) in [4.78, 5) is 15.4. The Kier molecular flexibility index (Phi) is 8.34. The lowest BCUT2D eigenvalue weighted by Gasteiger charge is -2.26. The van der Waals surface area contributed by atoms with Crippen LogP contribution in [0.15, 0.2) is 36.4 Å². The number of carbonyl (C=O) groups is 1. The van der Waals surface area contributed by atoms with Crippen molar-refractivity contribution in [2.45, 2.75) is 78.7 Å². The molecule has 0 radical (unpaired) electrons. The fraction of sp³-hybridized carbons (Fsp3) is 0.467. The van der Waals surface area contributed by atoms with Gasteiger partial charge in [-0.25, -0.2) is 0 Å². The van der Waals surface area contributed by atoms with E-state index in [0.717, 1.165) is 53.7 Å². The molecule has 1 aliphatic heterocycles. The fourth-order valence-corrected chi connectivity index (χ4v) is 5.12. The van der Waals surface area contributed by atoms with Gasteiger partial charge in [0.15, 0.2) is 0 Å². The number of H-pyrrole nitrogens is 1. The number of phenolic OH excluding ortho intramolecular Hbond substituents is 1. The zero-order valence-corrected chi connectivity index (χ0v) is 22.1. The number of aromatic hydroxyl groups is 1. The van der Waals surface area contributed by atoms with E-state index >= 15 is 0 Å². The lowest BCUT2D eigenvalue weighted by molar-refractivity contribution is 0.0740. The smallest absolute Gasteiger partial charge is 0.273 e. The molecule has 192 valence electrons. The Morgan fingerprint density at radius 2 is 1.72 bits per heavy atom. The third-order valence-corrected chi connectivity index (χ3v) is 7.03. The van der Waals surface area contributed by atoms with Crippen molar-refractivity contribution in [2.75, 3.05) is 13.2 Å². The van der Waals surface area contributed by atoms with Gasteiger partial charge in [0, 0.05) is 17.7 Å². The normalized spacial score (nSPS) is 14.9. The van der Waals surface area contributed by atoms with Crippen molar-refractivity contribution in [3.63, 3.8) is 0 Å². The average Bonchev–Trinajstić information content (AvgIpc) is 3.41. The molecule has 2 aromatic carbocycles. The molecule has 1 unspecified atom stereocenters. The number of aryl methyl sites for hydroxylation is 2. The summed E-state index contributed by atoms with van der Waals surface area (Å²) in [5, 5.41) is 18.4. The number of hydrogen-bond donors (Lipinski definition) is 2. The Morgan fingerprint density at radius 3 is 2.44 bits per heavy atom. The summed E-state index contributed by atoms with van der Waals surface area (Å²) < 4.78 is 5.96. The second-order valence-corrected chi connectivity index (χ2v) is 9.93. The monoisotopic (exact) mass is 489 g/mol. The van der Waals surface area contributed by atoms with Gasteiger partial charge in [0.25, 0.3) is 5.91 Å². The first-order valence-corrected chi connectivity index (χ1v) is 13.4. The largest absolute Gasteiger partial charge is 0.507 e. The molecule has 4 rings (SSSR count). The minimum absolute atomic E-state index is 0.0371. The topological polar surface area (TPSA) is 78.5 Å². The summed E-state index contributed by atoms with van der Waals surface area (Å²) in [6.45, 7) is 9.65. The molecule has 1 atom stereocenters. The van der Waals surface area contributed by atoms with Crippen molar-refractivity contribution in [2.24, 2.45) is 0 Å². The number of benzene rings is 2. The highest BCUT2D eigenvalue weighted by molar-refractivity contribution is 6.00. The van der Waals surface area contributed by atoms with Crippen LogP contribution in [-0.4, -0.2) is 39.3 Å². The molecular weight excluding hydrogens is 450 g/mol. The van der Waals surface area contributed by atoms with Crippen LogP contribution in [0.1, 0.15) is 97.6 Å². The van der Waals surface area contributed by atoms with Crippen LogP contribution in [-0.2, 0) is 0 Å². The molecule has 36 heavy (non-hydrogen) atoms. The minimum atomic E-state index is -0.267. The third kappa shape index (κ3) is 5.28. The van der Waals surface area contributed by atoms with Crippen molar-refractivity contribution in [1.29, 1.82) is 0 Å². The number of unbranched alkanes of at least 4 members (excludes halogenated alkanes) is 5. The molecule has 1 aliphatic rings. The molecule has 6 nitrogen and oxygen atoms in total. The van der Waals surface area contributed by atoms with Gasteiger partial charge in [-0.3, -0.25) is 9.89 Å². The standard InChI is InChI=1S/C30H39N3O3/c1-5-7-9-11-17-36-23-14-12-22(13-15-23)28-25-26(24-19-20(3)18-21(4)29(24)34)31-32-27(25)30(35)33(28)16-10-8-6-2/h12-15,18-19,28,34H,5-11,16-17H2,1-4H3,(H,31,32). The van der Waals surface area contributed by atoms with E-state index in [-0.39, 0.29) is 17.7 Å². The molecule has 2 N–H and O–H groups in total. The second-order valence-electron chi connectivity index (χ2n) is 9.93. The number of carbonyl (C=O) groups excluding carboxylic acids is 1. The van der Waals surface area contributed by atoms with Crippen LogP contribution in [0.3, 0.4) is 0 Å². The highest BCUT2D eigenvalue weighted by Gasteiger charge is 2.42. The number of phenols is 1. The summed E-state index contributed by atoms with van der Waals surface area (Å²) in [6, 6.07) is 11.7. The summed E-state index contributed by atoms with van der Waals surface area (Å²) in [6.07, 6.45) is 7.78. The summed E-state index contributed by atoms with van der Waals surface area (Å²) in [5.41, 5.74) is 5.50. The van der Waals surface area contributed by atoms with Crippen molar-refractivity contribution in [1.82, 2.24) is 15.1 Å². The van der Waals surface area contributed by atoms with Crippen LogP contribution >= 0.6 is 0 Å².